The Kier molecular flexibility index (Phi) is 3.70. The Labute approximate surface area is 110 Å². The lowest BCUT2D eigenvalue weighted by Gasteiger charge is -2.05. The van der Waals surface area contributed by atoms with Crippen molar-refractivity contribution in [3.63, 3.8) is 0 Å². The lowest BCUT2D eigenvalue weighted by Crippen LogP contribution is -2.01. The van der Waals surface area contributed by atoms with Gasteiger partial charge < -0.3 is 5.32 Å². The summed E-state index contributed by atoms with van der Waals surface area (Å²) in [6.45, 7) is 0.530. The van der Waals surface area contributed by atoms with E-state index in [9.17, 15) is 10.1 Å². The van der Waals surface area contributed by atoms with Crippen LogP contribution in [0.4, 0.5) is 11.4 Å². The predicted molar refractivity (Wildman–Crippen MR) is 70.2 cm³/mol. The molecule has 88 valence electrons. The molecule has 0 amide bonds. The van der Waals surface area contributed by atoms with Crippen LogP contribution in [0.15, 0.2) is 34.4 Å². The number of nitro groups is 1. The van der Waals surface area contributed by atoms with Gasteiger partial charge in [0.15, 0.2) is 0 Å². The van der Waals surface area contributed by atoms with Gasteiger partial charge in [0, 0.05) is 21.6 Å². The first-order valence-electron chi connectivity index (χ1n) is 4.72. The monoisotopic (exact) mass is 313 g/mol. The molecule has 0 unspecified atom stereocenters. The largest absolute Gasteiger partial charge is 0.375 e. The minimum Gasteiger partial charge on any atom is -0.375 e. The molecule has 0 aliphatic heterocycles. The predicted octanol–water partition coefficient (Wildman–Crippen LogP) is 3.43. The molecule has 0 spiro atoms. The van der Waals surface area contributed by atoms with E-state index in [1.165, 1.54) is 17.4 Å². The highest BCUT2D eigenvalue weighted by Gasteiger charge is 2.13. The lowest BCUT2D eigenvalue weighted by molar-refractivity contribution is -0.384. The van der Waals surface area contributed by atoms with Gasteiger partial charge in [-0.1, -0.05) is 15.9 Å². The molecule has 0 radical (unpaired) electrons. The Bertz CT molecular complexity index is 530. The normalized spacial score (nSPS) is 10.2. The summed E-state index contributed by atoms with van der Waals surface area (Å²) in [7, 11) is 0. The number of halogens is 1. The number of thiazole rings is 1. The van der Waals surface area contributed by atoms with Gasteiger partial charge in [0.25, 0.3) is 5.69 Å². The van der Waals surface area contributed by atoms with Crippen molar-refractivity contribution in [3.05, 3.63) is 49.4 Å². The van der Waals surface area contributed by atoms with E-state index in [2.05, 4.69) is 26.2 Å². The summed E-state index contributed by atoms with van der Waals surface area (Å²) < 4.78 is 0.801. The highest BCUT2D eigenvalue weighted by atomic mass is 79.9. The fourth-order valence-electron chi connectivity index (χ4n) is 1.32. The molecule has 0 fully saturated rings. The van der Waals surface area contributed by atoms with E-state index in [4.69, 9.17) is 0 Å². The average Bonchev–Trinajstić information content (AvgIpc) is 2.78. The van der Waals surface area contributed by atoms with Crippen molar-refractivity contribution in [2.24, 2.45) is 0 Å². The number of hydrogen-bond donors (Lipinski definition) is 1. The Morgan fingerprint density at radius 3 is 3.00 bits per heavy atom. The number of rotatable bonds is 4. The number of nitrogens with zero attached hydrogens (tertiary/aromatic N) is 2. The summed E-state index contributed by atoms with van der Waals surface area (Å²) in [5.41, 5.74) is 2.29. The first kappa shape index (κ1) is 12.0. The second-order valence-corrected chi connectivity index (χ2v) is 5.13. The highest BCUT2D eigenvalue weighted by Crippen LogP contribution is 2.28. The Morgan fingerprint density at radius 2 is 2.35 bits per heavy atom. The molecule has 1 N–H and O–H groups in total. The van der Waals surface area contributed by atoms with Gasteiger partial charge in [-0.15, -0.1) is 11.3 Å². The van der Waals surface area contributed by atoms with Crippen LogP contribution in [0, 0.1) is 10.1 Å². The van der Waals surface area contributed by atoms with Gasteiger partial charge in [0.05, 0.1) is 17.0 Å². The molecule has 7 heteroatoms. The molecule has 0 saturated heterocycles. The molecule has 1 aromatic heterocycles. The zero-order valence-corrected chi connectivity index (χ0v) is 11.0. The highest BCUT2D eigenvalue weighted by molar-refractivity contribution is 9.10. The second kappa shape index (κ2) is 5.24. The average molecular weight is 314 g/mol. The van der Waals surface area contributed by atoms with Crippen molar-refractivity contribution in [1.29, 1.82) is 0 Å². The summed E-state index contributed by atoms with van der Waals surface area (Å²) in [6, 6.07) is 4.81. The minimum absolute atomic E-state index is 0.0673. The van der Waals surface area contributed by atoms with E-state index < -0.39 is 4.92 Å². The van der Waals surface area contributed by atoms with Crippen LogP contribution in [0.2, 0.25) is 0 Å². The first-order chi connectivity index (χ1) is 8.16. The van der Waals surface area contributed by atoms with Gasteiger partial charge in [-0.25, -0.2) is 0 Å². The Balaban J connectivity index is 2.19. The van der Waals surface area contributed by atoms with E-state index in [0.29, 0.717) is 12.2 Å². The molecule has 1 aromatic carbocycles. The number of aromatic nitrogens is 1. The molecular weight excluding hydrogens is 306 g/mol. The third-order valence-electron chi connectivity index (χ3n) is 2.09. The molecule has 1 heterocycles. The van der Waals surface area contributed by atoms with E-state index in [-0.39, 0.29) is 5.69 Å². The van der Waals surface area contributed by atoms with Crippen LogP contribution in [0.1, 0.15) is 4.88 Å². The first-order valence-corrected chi connectivity index (χ1v) is 6.39. The number of anilines is 1. The van der Waals surface area contributed by atoms with Crippen molar-refractivity contribution in [2.45, 2.75) is 6.54 Å². The Hall–Kier alpha value is -1.47. The molecule has 0 atom stereocenters. The SMILES string of the molecule is O=[N+]([O-])c1ccc(Br)cc1NCc1cncs1. The summed E-state index contributed by atoms with van der Waals surface area (Å²) >= 11 is 4.80. The van der Waals surface area contributed by atoms with Crippen molar-refractivity contribution in [2.75, 3.05) is 5.32 Å². The number of hydrogen-bond acceptors (Lipinski definition) is 5. The van der Waals surface area contributed by atoms with Crippen LogP contribution in [-0.4, -0.2) is 9.91 Å². The van der Waals surface area contributed by atoms with Gasteiger partial charge in [-0.3, -0.25) is 15.1 Å². The summed E-state index contributed by atoms with van der Waals surface area (Å²) in [5.74, 6) is 0. The minimum atomic E-state index is -0.401. The van der Waals surface area contributed by atoms with Crippen LogP contribution in [-0.2, 0) is 6.54 Å². The fourth-order valence-corrected chi connectivity index (χ4v) is 2.22. The topological polar surface area (TPSA) is 68.1 Å². The van der Waals surface area contributed by atoms with Crippen molar-refractivity contribution in [1.82, 2.24) is 4.98 Å². The maximum atomic E-state index is 10.8. The zero-order valence-electron chi connectivity index (χ0n) is 8.59. The van der Waals surface area contributed by atoms with Gasteiger partial charge >= 0.3 is 0 Å². The third kappa shape index (κ3) is 3.01. The lowest BCUT2D eigenvalue weighted by atomic mass is 10.2. The molecule has 0 aliphatic carbocycles. The number of nitro benzene ring substituents is 1. The zero-order chi connectivity index (χ0) is 12.3. The van der Waals surface area contributed by atoms with Crippen molar-refractivity contribution in [3.8, 4) is 0 Å². The maximum absolute atomic E-state index is 10.8. The van der Waals surface area contributed by atoms with Gasteiger partial charge in [0.2, 0.25) is 0 Å². The summed E-state index contributed by atoms with van der Waals surface area (Å²) in [5, 5.41) is 13.9. The third-order valence-corrected chi connectivity index (χ3v) is 3.36. The second-order valence-electron chi connectivity index (χ2n) is 3.24. The van der Waals surface area contributed by atoms with Crippen LogP contribution in [0.3, 0.4) is 0 Å². The molecular formula is C10H8BrN3O2S. The molecule has 0 saturated carbocycles. The fraction of sp³-hybridized carbons (Fsp3) is 0.100. The van der Waals surface area contributed by atoms with E-state index in [0.717, 1.165) is 9.35 Å². The van der Waals surface area contributed by atoms with Gasteiger partial charge in [0.1, 0.15) is 5.69 Å². The van der Waals surface area contributed by atoms with E-state index in [1.54, 1.807) is 23.8 Å². The van der Waals surface area contributed by atoms with Gasteiger partial charge in [-0.05, 0) is 12.1 Å². The van der Waals surface area contributed by atoms with E-state index >= 15 is 0 Å². The summed E-state index contributed by atoms with van der Waals surface area (Å²) in [6.07, 6.45) is 1.74. The van der Waals surface area contributed by atoms with Crippen molar-refractivity contribution < 1.29 is 4.92 Å². The number of benzene rings is 1. The molecule has 17 heavy (non-hydrogen) atoms. The van der Waals surface area contributed by atoms with E-state index in [1.807, 2.05) is 0 Å². The van der Waals surface area contributed by atoms with Crippen molar-refractivity contribution >= 4 is 38.6 Å². The maximum Gasteiger partial charge on any atom is 0.292 e. The number of nitrogens with one attached hydrogen (secondary N) is 1. The standard InChI is InChI=1S/C10H8BrN3O2S/c11-7-1-2-10(14(15)16)9(3-7)13-5-8-4-12-6-17-8/h1-4,6,13H,5H2. The van der Waals surface area contributed by atoms with Crippen LogP contribution in [0.25, 0.3) is 0 Å². The van der Waals surface area contributed by atoms with Crippen LogP contribution in [0.5, 0.6) is 0 Å². The smallest absolute Gasteiger partial charge is 0.292 e. The molecule has 5 nitrogen and oxygen atoms in total. The van der Waals surface area contributed by atoms with Gasteiger partial charge in [-0.2, -0.15) is 0 Å². The molecule has 2 rings (SSSR count). The molecule has 2 aromatic rings. The van der Waals surface area contributed by atoms with Crippen LogP contribution < -0.4 is 5.32 Å². The molecule has 0 bridgehead atoms. The summed E-state index contributed by atoms with van der Waals surface area (Å²) in [4.78, 5) is 15.4. The quantitative estimate of drug-likeness (QED) is 0.693. The van der Waals surface area contributed by atoms with Crippen LogP contribution >= 0.6 is 27.3 Å². The molecule has 0 aliphatic rings. The Morgan fingerprint density at radius 1 is 1.53 bits per heavy atom.